The van der Waals surface area contributed by atoms with Crippen LogP contribution in [0.15, 0.2) is 24.3 Å². The van der Waals surface area contributed by atoms with E-state index in [-0.39, 0.29) is 11.9 Å². The molecule has 1 aromatic rings. The molecule has 5 heteroatoms. The topological polar surface area (TPSA) is 38.3 Å². The monoisotopic (exact) mass is 287 g/mol. The summed E-state index contributed by atoms with van der Waals surface area (Å²) >= 11 is 7.59. The number of ether oxygens (including phenoxy) is 1. The van der Waals surface area contributed by atoms with E-state index in [4.69, 9.17) is 16.3 Å². The van der Waals surface area contributed by atoms with Crippen LogP contribution >= 0.6 is 23.4 Å². The molecule has 0 unspecified atom stereocenters. The molecule has 0 saturated carbocycles. The van der Waals surface area contributed by atoms with E-state index in [1.54, 1.807) is 18.9 Å². The van der Waals surface area contributed by atoms with Gasteiger partial charge in [0.25, 0.3) is 0 Å². The van der Waals surface area contributed by atoms with E-state index in [0.717, 1.165) is 16.3 Å². The van der Waals surface area contributed by atoms with Gasteiger partial charge in [-0.3, -0.25) is 4.79 Å². The predicted molar refractivity (Wildman–Crippen MR) is 77.1 cm³/mol. The first-order valence-electron chi connectivity index (χ1n) is 5.73. The average molecular weight is 288 g/mol. The Morgan fingerprint density at radius 1 is 1.50 bits per heavy atom. The highest BCUT2D eigenvalue weighted by molar-refractivity contribution is 7.99. The van der Waals surface area contributed by atoms with Crippen molar-refractivity contribution in [1.29, 1.82) is 0 Å². The molecule has 0 fully saturated rings. The second-order valence-corrected chi connectivity index (χ2v) is 5.40. The maximum absolute atomic E-state index is 11.6. The molecule has 1 amide bonds. The van der Waals surface area contributed by atoms with Gasteiger partial charge >= 0.3 is 0 Å². The van der Waals surface area contributed by atoms with Crippen molar-refractivity contribution in [1.82, 2.24) is 5.32 Å². The second-order valence-electron chi connectivity index (χ2n) is 4.01. The van der Waals surface area contributed by atoms with Crippen molar-refractivity contribution in [3.8, 4) is 0 Å². The van der Waals surface area contributed by atoms with Crippen molar-refractivity contribution in [2.45, 2.75) is 18.7 Å². The third-order valence-electron chi connectivity index (χ3n) is 2.27. The third-order valence-corrected chi connectivity index (χ3v) is 3.62. The highest BCUT2D eigenvalue weighted by Gasteiger charge is 2.07. The lowest BCUT2D eigenvalue weighted by Crippen LogP contribution is -2.36. The van der Waals surface area contributed by atoms with Crippen molar-refractivity contribution < 1.29 is 9.53 Å². The average Bonchev–Trinajstić information content (AvgIpc) is 2.31. The first kappa shape index (κ1) is 15.3. The fraction of sp³-hybridized carbons (Fsp3) is 0.462. The molecule has 100 valence electrons. The Bertz CT molecular complexity index is 387. The maximum Gasteiger partial charge on any atom is 0.230 e. The summed E-state index contributed by atoms with van der Waals surface area (Å²) in [5.74, 6) is 1.20. The number of amides is 1. The van der Waals surface area contributed by atoms with Crippen LogP contribution in [0, 0.1) is 0 Å². The van der Waals surface area contributed by atoms with Gasteiger partial charge < -0.3 is 10.1 Å². The Balaban J connectivity index is 2.25. The van der Waals surface area contributed by atoms with Gasteiger partial charge in [-0.1, -0.05) is 29.8 Å². The molecule has 1 aromatic carbocycles. The summed E-state index contributed by atoms with van der Waals surface area (Å²) in [6, 6.07) is 7.72. The van der Waals surface area contributed by atoms with Crippen LogP contribution in [0.4, 0.5) is 0 Å². The zero-order valence-corrected chi connectivity index (χ0v) is 12.2. The lowest BCUT2D eigenvalue weighted by Gasteiger charge is -2.12. The van der Waals surface area contributed by atoms with Crippen LogP contribution in [0.1, 0.15) is 12.5 Å². The molecule has 0 radical (unpaired) electrons. The standard InChI is InChI=1S/C13H18ClNO2S/c1-10(7-17-2)15-13(16)9-18-8-11-5-3-4-6-12(11)14/h3-6,10H,7-9H2,1-2H3,(H,15,16)/t10-/m1/s1. The van der Waals surface area contributed by atoms with Gasteiger partial charge in [0.05, 0.1) is 12.4 Å². The van der Waals surface area contributed by atoms with Crippen molar-refractivity contribution in [2.75, 3.05) is 19.5 Å². The van der Waals surface area contributed by atoms with Gasteiger partial charge in [0.2, 0.25) is 5.91 Å². The summed E-state index contributed by atoms with van der Waals surface area (Å²) < 4.78 is 4.96. The summed E-state index contributed by atoms with van der Waals surface area (Å²) in [7, 11) is 1.62. The molecule has 1 rings (SSSR count). The third kappa shape index (κ3) is 5.76. The van der Waals surface area contributed by atoms with Gasteiger partial charge in [0, 0.05) is 23.9 Å². The molecule has 0 heterocycles. The Morgan fingerprint density at radius 3 is 2.89 bits per heavy atom. The summed E-state index contributed by atoms with van der Waals surface area (Å²) in [6.45, 7) is 2.45. The Hall–Kier alpha value is -0.710. The molecule has 0 spiro atoms. The molecule has 0 aliphatic rings. The molecule has 0 aromatic heterocycles. The van der Waals surface area contributed by atoms with Crippen molar-refractivity contribution >= 4 is 29.3 Å². The number of benzene rings is 1. The second kappa shape index (κ2) is 8.40. The van der Waals surface area contributed by atoms with Crippen molar-refractivity contribution in [3.63, 3.8) is 0 Å². The van der Waals surface area contributed by atoms with Gasteiger partial charge in [-0.05, 0) is 18.6 Å². The SMILES string of the molecule is COC[C@@H](C)NC(=O)CSCc1ccccc1Cl. The lowest BCUT2D eigenvalue weighted by molar-refractivity contribution is -0.119. The van der Waals surface area contributed by atoms with Crippen LogP contribution in [-0.4, -0.2) is 31.4 Å². The van der Waals surface area contributed by atoms with Gasteiger partial charge in [0.1, 0.15) is 0 Å². The first-order chi connectivity index (χ1) is 8.63. The molecule has 0 saturated heterocycles. The normalized spacial score (nSPS) is 12.2. The number of methoxy groups -OCH3 is 1. The smallest absolute Gasteiger partial charge is 0.230 e. The minimum absolute atomic E-state index is 0.0246. The number of carbonyl (C=O) groups is 1. The number of halogens is 1. The fourth-order valence-electron chi connectivity index (χ4n) is 1.48. The van der Waals surface area contributed by atoms with Crippen LogP contribution in [-0.2, 0) is 15.3 Å². The summed E-state index contributed by atoms with van der Waals surface area (Å²) in [5, 5.41) is 3.61. The maximum atomic E-state index is 11.6. The largest absolute Gasteiger partial charge is 0.383 e. The molecular formula is C13H18ClNO2S. The van der Waals surface area contributed by atoms with Gasteiger partial charge in [-0.25, -0.2) is 0 Å². The number of carbonyl (C=O) groups excluding carboxylic acids is 1. The Labute approximate surface area is 117 Å². The zero-order chi connectivity index (χ0) is 13.4. The number of hydrogen-bond acceptors (Lipinski definition) is 3. The number of thioether (sulfide) groups is 1. The first-order valence-corrected chi connectivity index (χ1v) is 7.26. The zero-order valence-electron chi connectivity index (χ0n) is 10.6. The van der Waals surface area contributed by atoms with E-state index in [0.29, 0.717) is 12.4 Å². The lowest BCUT2D eigenvalue weighted by atomic mass is 10.2. The van der Waals surface area contributed by atoms with Crippen molar-refractivity contribution in [3.05, 3.63) is 34.9 Å². The van der Waals surface area contributed by atoms with Crippen LogP contribution in [0.5, 0.6) is 0 Å². The molecular weight excluding hydrogens is 270 g/mol. The van der Waals surface area contributed by atoms with Crippen molar-refractivity contribution in [2.24, 2.45) is 0 Å². The van der Waals surface area contributed by atoms with E-state index < -0.39 is 0 Å². The Kier molecular flexibility index (Phi) is 7.16. The fourth-order valence-corrected chi connectivity index (χ4v) is 2.60. The summed E-state index contributed by atoms with van der Waals surface area (Å²) in [6.07, 6.45) is 0. The van der Waals surface area contributed by atoms with E-state index in [1.165, 1.54) is 0 Å². The van der Waals surface area contributed by atoms with Crippen LogP contribution in [0.2, 0.25) is 5.02 Å². The summed E-state index contributed by atoms with van der Waals surface area (Å²) in [5.41, 5.74) is 1.06. The number of rotatable bonds is 7. The predicted octanol–water partition coefficient (Wildman–Crippen LogP) is 2.72. The molecule has 1 N–H and O–H groups in total. The van der Waals surface area contributed by atoms with Gasteiger partial charge in [0.15, 0.2) is 0 Å². The Morgan fingerprint density at radius 2 is 2.22 bits per heavy atom. The molecule has 1 atom stereocenters. The van der Waals surface area contributed by atoms with Gasteiger partial charge in [-0.2, -0.15) is 0 Å². The van der Waals surface area contributed by atoms with E-state index in [9.17, 15) is 4.79 Å². The number of nitrogens with one attached hydrogen (secondary N) is 1. The minimum Gasteiger partial charge on any atom is -0.383 e. The minimum atomic E-state index is 0.0246. The van der Waals surface area contributed by atoms with E-state index >= 15 is 0 Å². The molecule has 0 aliphatic carbocycles. The number of hydrogen-bond donors (Lipinski definition) is 1. The van der Waals surface area contributed by atoms with Crippen LogP contribution in [0.3, 0.4) is 0 Å². The quantitative estimate of drug-likeness (QED) is 0.838. The molecule has 18 heavy (non-hydrogen) atoms. The molecule has 3 nitrogen and oxygen atoms in total. The van der Waals surface area contributed by atoms with Crippen LogP contribution < -0.4 is 5.32 Å². The summed E-state index contributed by atoms with van der Waals surface area (Å²) in [4.78, 5) is 11.6. The highest BCUT2D eigenvalue weighted by Crippen LogP contribution is 2.20. The van der Waals surface area contributed by atoms with Gasteiger partial charge in [-0.15, -0.1) is 11.8 Å². The molecule has 0 bridgehead atoms. The van der Waals surface area contributed by atoms with Crippen LogP contribution in [0.25, 0.3) is 0 Å². The highest BCUT2D eigenvalue weighted by atomic mass is 35.5. The molecule has 0 aliphatic heterocycles. The van der Waals surface area contributed by atoms with E-state index in [2.05, 4.69) is 5.32 Å². The van der Waals surface area contributed by atoms with E-state index in [1.807, 2.05) is 31.2 Å².